The van der Waals surface area contributed by atoms with Gasteiger partial charge in [0.2, 0.25) is 5.60 Å². The Morgan fingerprint density at radius 1 is 1.26 bits per heavy atom. The minimum absolute atomic E-state index is 0.0223. The van der Waals surface area contributed by atoms with Gasteiger partial charge in [0.1, 0.15) is 5.78 Å². The number of Topliss-reactive ketones (excluding diaryl/α,β-unsaturated/α-hetero) is 1. The van der Waals surface area contributed by atoms with E-state index >= 15 is 0 Å². The summed E-state index contributed by atoms with van der Waals surface area (Å²) in [6.45, 7) is 0.540. The van der Waals surface area contributed by atoms with Gasteiger partial charge in [-0.15, -0.1) is 0 Å². The molecule has 1 unspecified atom stereocenters. The minimum Gasteiger partial charge on any atom is -0.716 e. The minimum atomic E-state index is -2.88. The zero-order chi connectivity index (χ0) is 26.0. The number of hydrogen-bond donors (Lipinski definition) is 1. The molecule has 3 rings (SSSR count). The summed E-state index contributed by atoms with van der Waals surface area (Å²) in [5.74, 6) is -4.03. The van der Waals surface area contributed by atoms with Crippen LogP contribution in [0.3, 0.4) is 0 Å². The maximum Gasteiger partial charge on any atom is 0.576 e. The summed E-state index contributed by atoms with van der Waals surface area (Å²) in [4.78, 5) is 62.5. The number of methoxy groups -OCH3 is 1. The van der Waals surface area contributed by atoms with Crippen LogP contribution in [0.5, 0.6) is 0 Å². The predicted octanol–water partition coefficient (Wildman–Crippen LogP) is 2.37. The molecule has 10 nitrogen and oxygen atoms in total. The lowest BCUT2D eigenvalue weighted by Gasteiger charge is -2.43. The molecule has 2 N–H and O–H groups in total. The number of halogens is 2. The number of aliphatic carboxylic acids is 1. The van der Waals surface area contributed by atoms with Crippen molar-refractivity contribution >= 4 is 59.6 Å². The number of ketones is 1. The molecule has 190 valence electrons. The second-order valence-electron chi connectivity index (χ2n) is 9.13. The molecule has 0 aliphatic carbocycles. The third-order valence-corrected chi connectivity index (χ3v) is 6.51. The monoisotopic (exact) mass is 529 g/mol. The average molecular weight is 530 g/mol. The lowest BCUT2D eigenvalue weighted by atomic mass is 9.57. The van der Waals surface area contributed by atoms with E-state index in [0.29, 0.717) is 11.4 Å². The Hall–Kier alpha value is -2.63. The van der Waals surface area contributed by atoms with E-state index in [-0.39, 0.29) is 29.5 Å². The first-order valence-corrected chi connectivity index (χ1v) is 11.8. The molecule has 2 saturated heterocycles. The van der Waals surface area contributed by atoms with E-state index in [4.69, 9.17) is 32.5 Å². The number of amides is 1. The Morgan fingerprint density at radius 2 is 1.97 bits per heavy atom. The van der Waals surface area contributed by atoms with Crippen molar-refractivity contribution in [1.29, 1.82) is 0 Å². The summed E-state index contributed by atoms with van der Waals surface area (Å²) >= 11 is 11.9. The standard InChI is InChI=1S/C22H26BCl2NO9/c1-12(2)6-13(7-15(27)11-26-20(30)16-8-14(24)4-5-17(16)25)23-33-19(29)10-22(35-23,21(31)34-23)9-18(28)32-3/h4-5,8,12-13,34H,6-7,9-11H2,1-3H3,(H,26,30)/t13-,22-,23?/m1/s1. The molecule has 2 bridgehead atoms. The number of nitrogens with one attached hydrogen (secondary N) is 1. The van der Waals surface area contributed by atoms with Gasteiger partial charge in [-0.1, -0.05) is 43.5 Å². The van der Waals surface area contributed by atoms with Gasteiger partial charge in [-0.2, -0.15) is 0 Å². The Morgan fingerprint density at radius 3 is 2.63 bits per heavy atom. The quantitative estimate of drug-likeness (QED) is 0.277. The zero-order valence-electron chi connectivity index (χ0n) is 19.5. The van der Waals surface area contributed by atoms with Gasteiger partial charge in [0.25, 0.3) is 11.9 Å². The Labute approximate surface area is 211 Å². The number of hydrogen-bond acceptors (Lipinski definition) is 8. The number of carbonyl (C=O) groups is 5. The molecular weight excluding hydrogens is 504 g/mol. The Balaban J connectivity index is 1.76. The zero-order valence-corrected chi connectivity index (χ0v) is 21.0. The third-order valence-electron chi connectivity index (χ3n) is 5.95. The van der Waals surface area contributed by atoms with Gasteiger partial charge in [-0.3, -0.25) is 19.2 Å². The molecule has 0 aromatic heterocycles. The average Bonchev–Trinajstić information content (AvgIpc) is 2.98. The summed E-state index contributed by atoms with van der Waals surface area (Å²) in [7, 11) is 1.15. The van der Waals surface area contributed by atoms with Gasteiger partial charge in [-0.05, 0) is 36.4 Å². The highest BCUT2D eigenvalue weighted by Gasteiger charge is 2.69. The van der Waals surface area contributed by atoms with Crippen LogP contribution in [0.1, 0.15) is 49.9 Å². The van der Waals surface area contributed by atoms with Crippen LogP contribution in [0.15, 0.2) is 18.2 Å². The highest BCUT2D eigenvalue weighted by atomic mass is 35.5. The van der Waals surface area contributed by atoms with Gasteiger partial charge in [0.05, 0.1) is 37.1 Å². The van der Waals surface area contributed by atoms with E-state index < -0.39 is 60.6 Å². The molecule has 1 amide bonds. The van der Waals surface area contributed by atoms with Crippen LogP contribution in [0.2, 0.25) is 15.9 Å². The van der Waals surface area contributed by atoms with Crippen LogP contribution in [0.25, 0.3) is 0 Å². The smallest absolute Gasteiger partial charge is 0.576 e. The first kappa shape index (κ1) is 27.0. The van der Waals surface area contributed by atoms with E-state index in [1.54, 1.807) is 0 Å². The molecule has 3 atom stereocenters. The first-order valence-electron chi connectivity index (χ1n) is 11.0. The van der Waals surface area contributed by atoms with Crippen molar-refractivity contribution in [3.8, 4) is 0 Å². The normalized spacial score (nSPS) is 23.9. The second kappa shape index (κ2) is 10.6. The van der Waals surface area contributed by atoms with Crippen LogP contribution in [-0.4, -0.2) is 60.3 Å². The molecule has 13 heteroatoms. The van der Waals surface area contributed by atoms with Crippen molar-refractivity contribution in [2.24, 2.45) is 5.92 Å². The third kappa shape index (κ3) is 5.96. The van der Waals surface area contributed by atoms with Gasteiger partial charge in [-0.25, -0.2) is 0 Å². The van der Waals surface area contributed by atoms with E-state index in [1.165, 1.54) is 18.2 Å². The number of ether oxygens (including phenoxy) is 1. The molecule has 0 saturated carbocycles. The van der Waals surface area contributed by atoms with Gasteiger partial charge < -0.3 is 24.0 Å². The summed E-state index contributed by atoms with van der Waals surface area (Å²) in [6, 6.07) is 4.38. The van der Waals surface area contributed by atoms with Crippen LogP contribution >= 0.6 is 23.2 Å². The van der Waals surface area contributed by atoms with Crippen LogP contribution in [0, 0.1) is 5.92 Å². The van der Waals surface area contributed by atoms with Crippen LogP contribution in [0.4, 0.5) is 0 Å². The summed E-state index contributed by atoms with van der Waals surface area (Å²) in [5.41, 5.74) is -1.69. The maximum absolute atomic E-state index is 12.8. The van der Waals surface area contributed by atoms with Crippen LogP contribution < -0.4 is 5.32 Å². The fourth-order valence-corrected chi connectivity index (χ4v) is 4.79. The number of rotatable bonds is 10. The Kier molecular flexibility index (Phi) is 8.13. The largest absolute Gasteiger partial charge is 0.716 e. The van der Waals surface area contributed by atoms with E-state index in [1.807, 2.05) is 13.8 Å². The second-order valence-corrected chi connectivity index (χ2v) is 9.98. The molecule has 0 radical (unpaired) electrons. The highest BCUT2D eigenvalue weighted by Crippen LogP contribution is 2.47. The van der Waals surface area contributed by atoms with Crippen molar-refractivity contribution in [2.75, 3.05) is 13.7 Å². The van der Waals surface area contributed by atoms with Crippen molar-refractivity contribution in [2.45, 2.75) is 50.9 Å². The number of benzene rings is 1. The molecular formula is C22H26BCl2NO9. The van der Waals surface area contributed by atoms with E-state index in [0.717, 1.165) is 7.11 Å². The number of carbonyl (C=O) groups excluding carboxylic acids is 4. The van der Waals surface area contributed by atoms with Crippen molar-refractivity contribution in [3.05, 3.63) is 33.8 Å². The van der Waals surface area contributed by atoms with Crippen molar-refractivity contribution in [1.82, 2.24) is 5.32 Å². The predicted molar refractivity (Wildman–Crippen MR) is 126 cm³/mol. The molecule has 35 heavy (non-hydrogen) atoms. The van der Waals surface area contributed by atoms with Crippen LogP contribution in [-0.2, 0) is 33.2 Å². The number of fused-ring (bicyclic) bond motifs is 2. The lowest BCUT2D eigenvalue weighted by Crippen LogP contribution is -2.56. The highest BCUT2D eigenvalue weighted by molar-refractivity contribution is 6.67. The molecule has 2 aliphatic rings. The Bertz CT molecular complexity index is 1070. The number of carboxylic acids is 1. The molecule has 0 spiro atoms. The molecule has 1 aromatic carbocycles. The SMILES string of the molecule is COC(=O)C[C@]12CC(=O)O[B-]([C@@H](CC(=O)CNC(=O)c3cc(Cl)ccc3Cl)CC(C)C)(O1)[OH+]C2=O. The molecule has 2 fully saturated rings. The van der Waals surface area contributed by atoms with Crippen molar-refractivity contribution in [3.63, 3.8) is 0 Å². The molecule has 2 aliphatic heterocycles. The summed E-state index contributed by atoms with van der Waals surface area (Å²) in [6.07, 6.45) is -0.839. The first-order chi connectivity index (χ1) is 16.4. The fraction of sp³-hybridized carbons (Fsp3) is 0.500. The number of esters is 1. The van der Waals surface area contributed by atoms with E-state index in [2.05, 4.69) is 14.7 Å². The van der Waals surface area contributed by atoms with Gasteiger partial charge >= 0.3 is 18.7 Å². The van der Waals surface area contributed by atoms with E-state index in [9.17, 15) is 24.0 Å². The fourth-order valence-electron chi connectivity index (χ4n) is 4.41. The van der Waals surface area contributed by atoms with Crippen molar-refractivity contribution < 1.29 is 42.7 Å². The summed E-state index contributed by atoms with van der Waals surface area (Å²) < 4.78 is 20.1. The van der Waals surface area contributed by atoms with Gasteiger partial charge in [0.15, 0.2) is 0 Å². The molecule has 2 heterocycles. The summed E-state index contributed by atoms with van der Waals surface area (Å²) in [5, 5.41) is 2.98. The van der Waals surface area contributed by atoms with Gasteiger partial charge in [0, 0.05) is 9.82 Å². The topological polar surface area (TPSA) is 138 Å². The maximum atomic E-state index is 12.8. The lowest BCUT2D eigenvalue weighted by molar-refractivity contribution is -0.163. The molecule has 1 aromatic rings.